The number of rotatable bonds is 4. The number of amides is 1. The number of carbonyl (C=O) groups excluding carboxylic acids is 1. The summed E-state index contributed by atoms with van der Waals surface area (Å²) >= 11 is 0. The van der Waals surface area contributed by atoms with Gasteiger partial charge in [-0.05, 0) is 32.0 Å². The van der Waals surface area contributed by atoms with Gasteiger partial charge < -0.3 is 9.73 Å². The van der Waals surface area contributed by atoms with E-state index in [1.807, 2.05) is 0 Å². The van der Waals surface area contributed by atoms with Crippen molar-refractivity contribution in [3.05, 3.63) is 74.3 Å². The van der Waals surface area contributed by atoms with E-state index in [1.54, 1.807) is 44.2 Å². The lowest BCUT2D eigenvalue weighted by atomic mass is 10.2. The van der Waals surface area contributed by atoms with Crippen molar-refractivity contribution >= 4 is 16.9 Å². The zero-order valence-electron chi connectivity index (χ0n) is 13.9. The van der Waals surface area contributed by atoms with Gasteiger partial charge in [0.2, 0.25) is 0 Å². The number of hydrogen-bond donors (Lipinski definition) is 1. The van der Waals surface area contributed by atoms with Gasteiger partial charge in [-0.25, -0.2) is 4.79 Å². The van der Waals surface area contributed by atoms with E-state index in [9.17, 15) is 14.4 Å². The minimum Gasteiger partial charge on any atom is -0.451 e. The Kier molecular flexibility index (Phi) is 4.47. The van der Waals surface area contributed by atoms with Crippen LogP contribution in [-0.4, -0.2) is 22.0 Å². The first-order valence-electron chi connectivity index (χ1n) is 7.82. The van der Waals surface area contributed by atoms with E-state index < -0.39 is 5.91 Å². The molecule has 0 bridgehead atoms. The number of nitrogens with one attached hydrogen (secondary N) is 1. The highest BCUT2D eigenvalue weighted by atomic mass is 16.3. The summed E-state index contributed by atoms with van der Waals surface area (Å²) in [6, 6.07) is 9.70. The van der Waals surface area contributed by atoms with Crippen LogP contribution in [0.15, 0.2) is 50.4 Å². The maximum Gasteiger partial charge on any atom is 0.348 e. The monoisotopic (exact) mass is 339 g/mol. The van der Waals surface area contributed by atoms with E-state index in [0.717, 1.165) is 5.69 Å². The predicted octanol–water partition coefficient (Wildman–Crippen LogP) is 1.40. The molecular weight excluding hydrogens is 322 g/mol. The van der Waals surface area contributed by atoms with Crippen molar-refractivity contribution in [1.82, 2.24) is 14.9 Å². The summed E-state index contributed by atoms with van der Waals surface area (Å²) in [6.45, 7) is 4.05. The Morgan fingerprint density at radius 1 is 1.20 bits per heavy atom. The molecule has 0 spiro atoms. The standard InChI is InChI=1S/C18H17N3O4/c1-11-9-12(2)21(18(24)20-11)8-7-19-17(23)16-10-14(22)13-5-3-4-6-15(13)25-16/h3-6,9-10H,7-8H2,1-2H3,(H,19,23). The third kappa shape index (κ3) is 3.50. The Balaban J connectivity index is 1.74. The molecule has 7 nitrogen and oxygen atoms in total. The molecule has 0 aliphatic rings. The van der Waals surface area contributed by atoms with Gasteiger partial charge in [0.05, 0.1) is 5.39 Å². The molecule has 3 aromatic rings. The van der Waals surface area contributed by atoms with Gasteiger partial charge in [0, 0.05) is 30.5 Å². The Morgan fingerprint density at radius 2 is 1.96 bits per heavy atom. The molecule has 0 radical (unpaired) electrons. The molecule has 128 valence electrons. The fourth-order valence-corrected chi connectivity index (χ4v) is 2.63. The molecule has 3 rings (SSSR count). The lowest BCUT2D eigenvalue weighted by Crippen LogP contribution is -2.33. The average Bonchev–Trinajstić information content (AvgIpc) is 2.57. The summed E-state index contributed by atoms with van der Waals surface area (Å²) in [5.74, 6) is -0.566. The van der Waals surface area contributed by atoms with Crippen LogP contribution in [0.4, 0.5) is 0 Å². The molecule has 0 fully saturated rings. The number of aryl methyl sites for hydroxylation is 2. The molecule has 25 heavy (non-hydrogen) atoms. The summed E-state index contributed by atoms with van der Waals surface area (Å²) in [4.78, 5) is 40.0. The van der Waals surface area contributed by atoms with Gasteiger partial charge in [0.25, 0.3) is 5.91 Å². The van der Waals surface area contributed by atoms with Crippen LogP contribution in [-0.2, 0) is 6.54 Å². The summed E-state index contributed by atoms with van der Waals surface area (Å²) in [7, 11) is 0. The number of hydrogen-bond acceptors (Lipinski definition) is 5. The van der Waals surface area contributed by atoms with E-state index in [1.165, 1.54) is 10.6 Å². The fourth-order valence-electron chi connectivity index (χ4n) is 2.63. The highest BCUT2D eigenvalue weighted by Gasteiger charge is 2.12. The van der Waals surface area contributed by atoms with Gasteiger partial charge in [-0.15, -0.1) is 0 Å². The quantitative estimate of drug-likeness (QED) is 0.775. The maximum atomic E-state index is 12.2. The Morgan fingerprint density at radius 3 is 2.72 bits per heavy atom. The van der Waals surface area contributed by atoms with Gasteiger partial charge >= 0.3 is 5.69 Å². The number of fused-ring (bicyclic) bond motifs is 1. The third-order valence-electron chi connectivity index (χ3n) is 3.83. The minimum atomic E-state index is -0.506. The van der Waals surface area contributed by atoms with Crippen LogP contribution < -0.4 is 16.4 Å². The number of aromatic nitrogens is 2. The second-order valence-electron chi connectivity index (χ2n) is 5.70. The maximum absolute atomic E-state index is 12.2. The summed E-state index contributed by atoms with van der Waals surface area (Å²) in [6.07, 6.45) is 0. The van der Waals surface area contributed by atoms with Gasteiger partial charge in [0.1, 0.15) is 5.58 Å². The van der Waals surface area contributed by atoms with Crippen LogP contribution in [0.5, 0.6) is 0 Å². The number of benzene rings is 1. The highest BCUT2D eigenvalue weighted by molar-refractivity contribution is 5.93. The molecule has 7 heteroatoms. The Hall–Kier alpha value is -3.22. The Labute approximate surface area is 142 Å². The van der Waals surface area contributed by atoms with Gasteiger partial charge in [-0.1, -0.05) is 12.1 Å². The van der Waals surface area contributed by atoms with Crippen molar-refractivity contribution in [2.75, 3.05) is 6.54 Å². The van der Waals surface area contributed by atoms with Crippen molar-refractivity contribution < 1.29 is 9.21 Å². The van der Waals surface area contributed by atoms with Crippen molar-refractivity contribution in [2.45, 2.75) is 20.4 Å². The van der Waals surface area contributed by atoms with Crippen LogP contribution in [0.1, 0.15) is 21.9 Å². The molecule has 0 atom stereocenters. The smallest absolute Gasteiger partial charge is 0.348 e. The van der Waals surface area contributed by atoms with Crippen LogP contribution in [0.25, 0.3) is 11.0 Å². The molecule has 2 aromatic heterocycles. The topological polar surface area (TPSA) is 94.2 Å². The largest absolute Gasteiger partial charge is 0.451 e. The van der Waals surface area contributed by atoms with Crippen molar-refractivity contribution in [3.8, 4) is 0 Å². The summed E-state index contributed by atoms with van der Waals surface area (Å²) in [5.41, 5.74) is 1.14. The molecule has 0 unspecified atom stereocenters. The molecule has 0 aliphatic heterocycles. The average molecular weight is 339 g/mol. The highest BCUT2D eigenvalue weighted by Crippen LogP contribution is 2.11. The van der Waals surface area contributed by atoms with Crippen LogP contribution in [0, 0.1) is 13.8 Å². The molecule has 2 heterocycles. The van der Waals surface area contributed by atoms with Gasteiger partial charge in [0.15, 0.2) is 11.2 Å². The predicted molar refractivity (Wildman–Crippen MR) is 92.8 cm³/mol. The molecule has 1 aromatic carbocycles. The zero-order chi connectivity index (χ0) is 18.0. The molecule has 0 saturated carbocycles. The molecule has 0 aliphatic carbocycles. The van der Waals surface area contributed by atoms with Gasteiger partial charge in [-0.2, -0.15) is 4.98 Å². The normalized spacial score (nSPS) is 10.8. The lowest BCUT2D eigenvalue weighted by molar-refractivity contribution is 0.0925. The van der Waals surface area contributed by atoms with E-state index in [2.05, 4.69) is 10.3 Å². The molecule has 0 saturated heterocycles. The second kappa shape index (κ2) is 6.72. The zero-order valence-corrected chi connectivity index (χ0v) is 13.9. The number of nitrogens with zero attached hydrogens (tertiary/aromatic N) is 2. The Bertz CT molecular complexity index is 1070. The second-order valence-corrected chi connectivity index (χ2v) is 5.70. The van der Waals surface area contributed by atoms with Crippen LogP contribution in [0.2, 0.25) is 0 Å². The first-order valence-corrected chi connectivity index (χ1v) is 7.82. The summed E-state index contributed by atoms with van der Waals surface area (Å²) < 4.78 is 6.95. The SMILES string of the molecule is Cc1cc(C)n(CCNC(=O)c2cc(=O)c3ccccc3o2)c(=O)n1. The molecular formula is C18H17N3O4. The van der Waals surface area contributed by atoms with Crippen LogP contribution in [0.3, 0.4) is 0 Å². The minimum absolute atomic E-state index is 0.0604. The first kappa shape index (κ1) is 16.6. The van der Waals surface area contributed by atoms with E-state index in [4.69, 9.17) is 4.42 Å². The van der Waals surface area contributed by atoms with E-state index in [0.29, 0.717) is 16.7 Å². The van der Waals surface area contributed by atoms with E-state index in [-0.39, 0.29) is 30.0 Å². The number of carbonyl (C=O) groups is 1. The van der Waals surface area contributed by atoms with Crippen molar-refractivity contribution in [2.24, 2.45) is 0 Å². The first-order chi connectivity index (χ1) is 12.0. The van der Waals surface area contributed by atoms with Gasteiger partial charge in [-0.3, -0.25) is 14.2 Å². The molecule has 1 N–H and O–H groups in total. The van der Waals surface area contributed by atoms with Crippen molar-refractivity contribution in [1.29, 1.82) is 0 Å². The third-order valence-corrected chi connectivity index (χ3v) is 3.83. The lowest BCUT2D eigenvalue weighted by Gasteiger charge is -2.10. The van der Waals surface area contributed by atoms with Crippen LogP contribution >= 0.6 is 0 Å². The van der Waals surface area contributed by atoms with E-state index >= 15 is 0 Å². The number of para-hydroxylation sites is 1. The van der Waals surface area contributed by atoms with Crippen molar-refractivity contribution in [3.63, 3.8) is 0 Å². The summed E-state index contributed by atoms with van der Waals surface area (Å²) in [5, 5.41) is 3.07. The molecule has 1 amide bonds. The fraction of sp³-hybridized carbons (Fsp3) is 0.222.